The fraction of sp³-hybridized carbons (Fsp3) is 0. The van der Waals surface area contributed by atoms with E-state index in [4.69, 9.17) is 26.5 Å². The van der Waals surface area contributed by atoms with Crippen LogP contribution in [0.5, 0.6) is 0 Å². The van der Waals surface area contributed by atoms with Crippen LogP contribution in [0.4, 0.5) is 4.39 Å². The van der Waals surface area contributed by atoms with E-state index in [1.807, 2.05) is 0 Å². The zero-order valence-corrected chi connectivity index (χ0v) is 7.56. The van der Waals surface area contributed by atoms with Gasteiger partial charge in [0.15, 0.2) is 11.3 Å². The molecule has 0 rings (SSSR count). The van der Waals surface area contributed by atoms with E-state index in [0.717, 1.165) is 0 Å². The average Bonchev–Trinajstić information content (AvgIpc) is 2.32. The highest BCUT2D eigenvalue weighted by Crippen LogP contribution is 2.07. The molecule has 0 amide bonds. The van der Waals surface area contributed by atoms with Gasteiger partial charge >= 0.3 is 0 Å². The van der Waals surface area contributed by atoms with E-state index in [0.29, 0.717) is 0 Å². The normalized spacial score (nSPS) is 8.44. The van der Waals surface area contributed by atoms with Crippen molar-refractivity contribution in [2.45, 2.75) is 0 Å². The number of halogens is 1. The van der Waals surface area contributed by atoms with Gasteiger partial charge < -0.3 is 5.41 Å². The minimum atomic E-state index is -1.52. The van der Waals surface area contributed by atoms with Crippen molar-refractivity contribution in [3.05, 3.63) is 22.3 Å². The number of rotatable bonds is 2. The first-order chi connectivity index (χ1) is 7.64. The lowest BCUT2D eigenvalue weighted by atomic mass is 10.1. The largest absolute Gasteiger partial charge is 0.761 e. The van der Waals surface area contributed by atoms with E-state index < -0.39 is 22.8 Å². The van der Waals surface area contributed by atoms with Crippen molar-refractivity contribution in [2.24, 2.45) is 4.99 Å². The molecule has 0 fully saturated rings. The van der Waals surface area contributed by atoms with E-state index >= 15 is 0 Å². The smallest absolute Gasteiger partial charge is 0.234 e. The third kappa shape index (κ3) is 2.91. The van der Waals surface area contributed by atoms with Crippen LogP contribution in [0.15, 0.2) is 21.8 Å². The quantitative estimate of drug-likeness (QED) is 0.495. The van der Waals surface area contributed by atoms with Crippen LogP contribution in [0.3, 0.4) is 0 Å². The average molecular weight is 211 g/mol. The molecule has 0 aliphatic heterocycles. The van der Waals surface area contributed by atoms with E-state index in [9.17, 15) is 4.39 Å². The van der Waals surface area contributed by atoms with Crippen molar-refractivity contribution in [1.29, 1.82) is 21.0 Å². The Kier molecular flexibility index (Phi) is 4.97. The molecular formula is C9FN6-. The maximum Gasteiger partial charge on any atom is 0.234 e. The monoisotopic (exact) mass is 211 g/mol. The first-order valence-corrected chi connectivity index (χ1v) is 3.50. The summed E-state index contributed by atoms with van der Waals surface area (Å²) < 4.78 is 13.2. The van der Waals surface area contributed by atoms with E-state index in [2.05, 4.69) is 4.99 Å². The van der Waals surface area contributed by atoms with Crippen LogP contribution in [-0.4, -0.2) is 11.8 Å². The Morgan fingerprint density at radius 2 is 1.56 bits per heavy atom. The van der Waals surface area contributed by atoms with Gasteiger partial charge in [-0.15, -0.1) is 0 Å². The molecule has 6 nitrogen and oxygen atoms in total. The second-order valence-corrected chi connectivity index (χ2v) is 2.06. The molecular weight excluding hydrogens is 211 g/mol. The van der Waals surface area contributed by atoms with Crippen molar-refractivity contribution in [3.63, 3.8) is 0 Å². The van der Waals surface area contributed by atoms with Gasteiger partial charge in [0, 0.05) is 0 Å². The van der Waals surface area contributed by atoms with Crippen molar-refractivity contribution < 1.29 is 4.39 Å². The van der Waals surface area contributed by atoms with E-state index in [1.165, 1.54) is 30.1 Å². The SMILES string of the molecule is N#CC(=C=[N-])N=C(F)C(C#N)=C(C#N)C#N. The molecule has 74 valence electrons. The summed E-state index contributed by atoms with van der Waals surface area (Å²) in [4.78, 5) is 2.86. The highest BCUT2D eigenvalue weighted by atomic mass is 19.1. The van der Waals surface area contributed by atoms with Crippen molar-refractivity contribution in [2.75, 3.05) is 0 Å². The van der Waals surface area contributed by atoms with E-state index in [1.54, 1.807) is 0 Å². The molecule has 0 radical (unpaired) electrons. The Hall–Kier alpha value is -3.25. The standard InChI is InChI=1S/C9FN6/c10-9(16-7(3-13)4-14)8(5-15)6(1-11)2-12/q-1. The first-order valence-electron chi connectivity index (χ1n) is 3.50. The molecule has 0 bridgehead atoms. The molecule has 0 N–H and O–H groups in total. The number of nitriles is 4. The summed E-state index contributed by atoms with van der Waals surface area (Å²) in [6.45, 7) is 0. The summed E-state index contributed by atoms with van der Waals surface area (Å²) in [6, 6.07) is 5.11. The molecule has 16 heavy (non-hydrogen) atoms. The molecule has 0 heterocycles. The molecule has 0 aromatic carbocycles. The van der Waals surface area contributed by atoms with Gasteiger partial charge in [0.1, 0.15) is 29.8 Å². The van der Waals surface area contributed by atoms with Crippen LogP contribution in [0.25, 0.3) is 5.41 Å². The fourth-order valence-corrected chi connectivity index (χ4v) is 0.571. The van der Waals surface area contributed by atoms with Gasteiger partial charge in [0.2, 0.25) is 5.97 Å². The first kappa shape index (κ1) is 12.8. The highest BCUT2D eigenvalue weighted by molar-refractivity contribution is 6.00. The molecule has 0 saturated carbocycles. The summed E-state index contributed by atoms with van der Waals surface area (Å²) in [6.07, 6.45) is 0. The molecule has 0 unspecified atom stereocenters. The van der Waals surface area contributed by atoms with E-state index in [-0.39, 0.29) is 0 Å². The molecule has 0 aromatic heterocycles. The number of allylic oxidation sites excluding steroid dienone is 3. The summed E-state index contributed by atoms with van der Waals surface area (Å²) in [7, 11) is 0. The molecule has 0 saturated heterocycles. The lowest BCUT2D eigenvalue weighted by molar-refractivity contribution is 0.805. The van der Waals surface area contributed by atoms with Gasteiger partial charge in [0.05, 0.1) is 0 Å². The zero-order chi connectivity index (χ0) is 12.6. The Morgan fingerprint density at radius 1 is 1.00 bits per heavy atom. The molecule has 0 atom stereocenters. The molecule has 7 heteroatoms. The fourth-order valence-electron chi connectivity index (χ4n) is 0.571. The Labute approximate surface area is 89.6 Å². The molecule has 0 aliphatic rings. The topological polar surface area (TPSA) is 130 Å². The van der Waals surface area contributed by atoms with Gasteiger partial charge in [-0.3, -0.25) is 0 Å². The van der Waals surface area contributed by atoms with Crippen molar-refractivity contribution >= 4 is 11.8 Å². The zero-order valence-electron chi connectivity index (χ0n) is 7.56. The van der Waals surface area contributed by atoms with Crippen molar-refractivity contribution in [1.82, 2.24) is 0 Å². The predicted octanol–water partition coefficient (Wildman–Crippen LogP) is 0.868. The van der Waals surface area contributed by atoms with Gasteiger partial charge in [0.25, 0.3) is 0 Å². The minimum absolute atomic E-state index is 0.779. The number of hydrogen-bond donors (Lipinski definition) is 0. The minimum Gasteiger partial charge on any atom is -0.761 e. The Bertz CT molecular complexity index is 561. The molecule has 0 spiro atoms. The maximum atomic E-state index is 13.2. The Balaban J connectivity index is 5.74. The number of hydrogen-bond acceptors (Lipinski definition) is 5. The highest BCUT2D eigenvalue weighted by Gasteiger charge is 2.13. The van der Waals surface area contributed by atoms with Gasteiger partial charge in [-0.05, 0) is 0 Å². The lowest BCUT2D eigenvalue weighted by Crippen LogP contribution is -1.98. The van der Waals surface area contributed by atoms with Crippen molar-refractivity contribution in [3.8, 4) is 24.3 Å². The van der Waals surface area contributed by atoms with Crippen LogP contribution in [0.2, 0.25) is 0 Å². The lowest BCUT2D eigenvalue weighted by Gasteiger charge is -1.92. The summed E-state index contributed by atoms with van der Waals surface area (Å²) in [5, 5.41) is 41.8. The summed E-state index contributed by atoms with van der Waals surface area (Å²) in [5.74, 6) is -0.248. The van der Waals surface area contributed by atoms with Crippen LogP contribution < -0.4 is 0 Å². The maximum absolute atomic E-state index is 13.2. The second-order valence-electron chi connectivity index (χ2n) is 2.06. The van der Waals surface area contributed by atoms with Gasteiger partial charge in [-0.1, -0.05) is 0 Å². The van der Waals surface area contributed by atoms with Gasteiger partial charge in [-0.2, -0.15) is 25.4 Å². The molecule has 0 aromatic rings. The third-order valence-corrected chi connectivity index (χ3v) is 1.21. The molecule has 0 aliphatic carbocycles. The number of aliphatic imine (C=N–C) groups is 1. The van der Waals surface area contributed by atoms with Gasteiger partial charge in [-0.25, -0.2) is 10.9 Å². The van der Waals surface area contributed by atoms with Crippen LogP contribution in [-0.2, 0) is 0 Å². The Morgan fingerprint density at radius 3 is 1.88 bits per heavy atom. The van der Waals surface area contributed by atoms with Crippen LogP contribution in [0, 0.1) is 45.3 Å². The predicted molar refractivity (Wildman–Crippen MR) is 49.9 cm³/mol. The summed E-state index contributed by atoms with van der Waals surface area (Å²) in [5.41, 5.74) is -2.51. The second kappa shape index (κ2) is 6.24. The third-order valence-electron chi connectivity index (χ3n) is 1.21. The van der Waals surface area contributed by atoms with Crippen LogP contribution >= 0.6 is 0 Å². The number of nitrogens with zero attached hydrogens (tertiary/aromatic N) is 6. The summed E-state index contributed by atoms with van der Waals surface area (Å²) >= 11 is 0. The van der Waals surface area contributed by atoms with Crippen LogP contribution in [0.1, 0.15) is 0 Å².